The molecule has 0 spiro atoms. The molecule has 3 N–H and O–H groups in total. The smallest absolute Gasteiger partial charge is 0.258 e. The van der Waals surface area contributed by atoms with E-state index in [0.29, 0.717) is 47.2 Å². The number of nitrogens with one attached hydrogen (secondary N) is 3. The first-order chi connectivity index (χ1) is 22.2. The van der Waals surface area contributed by atoms with E-state index >= 15 is 0 Å². The van der Waals surface area contributed by atoms with Gasteiger partial charge in [-0.15, -0.1) is 6.58 Å². The maximum atomic E-state index is 13.7. The highest BCUT2D eigenvalue weighted by molar-refractivity contribution is 6.43. The summed E-state index contributed by atoms with van der Waals surface area (Å²) in [6, 6.07) is 7.64. The van der Waals surface area contributed by atoms with Crippen molar-refractivity contribution in [1.82, 2.24) is 14.8 Å². The fourth-order valence-electron chi connectivity index (χ4n) is 6.45. The number of anilines is 2. The first-order valence-electron chi connectivity index (χ1n) is 16.1. The summed E-state index contributed by atoms with van der Waals surface area (Å²) >= 11 is 0. The molecule has 242 valence electrons. The number of carbonyl (C=O) groups excluding carboxylic acids is 2. The summed E-state index contributed by atoms with van der Waals surface area (Å²) in [7, 11) is 0. The van der Waals surface area contributed by atoms with Crippen molar-refractivity contribution < 1.29 is 14.3 Å². The van der Waals surface area contributed by atoms with Crippen molar-refractivity contribution in [1.29, 1.82) is 5.41 Å². The van der Waals surface area contributed by atoms with Crippen molar-refractivity contribution in [2.45, 2.75) is 45.6 Å². The number of pyridine rings is 1. The van der Waals surface area contributed by atoms with Crippen LogP contribution in [-0.2, 0) is 14.3 Å². The minimum atomic E-state index is -0.445. The molecule has 2 unspecified atom stereocenters. The topological polar surface area (TPSA) is 111 Å². The van der Waals surface area contributed by atoms with E-state index in [1.165, 1.54) is 19.3 Å². The van der Waals surface area contributed by atoms with Crippen LogP contribution in [0.3, 0.4) is 0 Å². The molecule has 2 aliphatic heterocycles. The highest BCUT2D eigenvalue weighted by atomic mass is 16.5. The molecule has 9 nitrogen and oxygen atoms in total. The van der Waals surface area contributed by atoms with Gasteiger partial charge in [-0.05, 0) is 91.6 Å². The summed E-state index contributed by atoms with van der Waals surface area (Å²) in [6.07, 6.45) is 12.1. The molecule has 1 saturated carbocycles. The largest absolute Gasteiger partial charge is 0.379 e. The fraction of sp³-hybridized carbons (Fsp3) is 0.405. The molecule has 1 aromatic carbocycles. The van der Waals surface area contributed by atoms with E-state index in [1.807, 2.05) is 24.3 Å². The predicted molar refractivity (Wildman–Crippen MR) is 186 cm³/mol. The van der Waals surface area contributed by atoms with Gasteiger partial charge in [-0.1, -0.05) is 37.4 Å². The zero-order valence-corrected chi connectivity index (χ0v) is 27.1. The molecule has 3 aliphatic rings. The quantitative estimate of drug-likeness (QED) is 0.176. The second-order valence-corrected chi connectivity index (χ2v) is 12.6. The lowest BCUT2D eigenvalue weighted by molar-refractivity contribution is -0.117. The highest BCUT2D eigenvalue weighted by Gasteiger charge is 2.36. The summed E-state index contributed by atoms with van der Waals surface area (Å²) in [5.41, 5.74) is 3.72. The zero-order valence-electron chi connectivity index (χ0n) is 27.1. The van der Waals surface area contributed by atoms with Crippen molar-refractivity contribution >= 4 is 46.6 Å². The highest BCUT2D eigenvalue weighted by Crippen LogP contribution is 2.41. The Balaban J connectivity index is 1.33. The lowest BCUT2D eigenvalue weighted by atomic mass is 10.0. The van der Waals surface area contributed by atoms with Crippen LogP contribution in [-0.4, -0.2) is 77.7 Å². The Bertz CT molecular complexity index is 1650. The summed E-state index contributed by atoms with van der Waals surface area (Å²) in [5.74, 6) is 1.03. The molecule has 1 aliphatic carbocycles. The third kappa shape index (κ3) is 8.08. The molecule has 0 bridgehead atoms. The Hall–Kier alpha value is -4.34. The summed E-state index contributed by atoms with van der Waals surface area (Å²) in [5, 5.41) is 15.5. The first-order valence-corrected chi connectivity index (χ1v) is 16.1. The van der Waals surface area contributed by atoms with Gasteiger partial charge < -0.3 is 25.7 Å². The molecule has 3 fully saturated rings. The third-order valence-corrected chi connectivity index (χ3v) is 9.13. The Morgan fingerprint density at radius 2 is 1.96 bits per heavy atom. The molecule has 3 heterocycles. The standard InChI is InChI=1S/C37H46N6O3/c1-6-14-43(32-13-16-46-23-32)21-27(7-2)29-10-11-33(24(3)17-29)36(25(4)38)37(45)41-34-18-31(19-39-26(34)5)40-35(44)22-42-15-12-30(20-42)28-8-9-28/h6-7,10-11,17-19,21,28,30,32,38H,1-3,8-9,12-16,20,22-23H2,4-5H3,(H,40,44)(H,41,45)/b27-21+,36-33+,38-25?. The first kappa shape index (κ1) is 33.0. The summed E-state index contributed by atoms with van der Waals surface area (Å²) in [6.45, 7) is 19.9. The number of likely N-dealkylation sites (tertiary alicyclic amines) is 1. The van der Waals surface area contributed by atoms with Crippen LogP contribution < -0.4 is 21.1 Å². The van der Waals surface area contributed by atoms with Crippen molar-refractivity contribution in [3.8, 4) is 0 Å². The van der Waals surface area contributed by atoms with Crippen molar-refractivity contribution in [2.75, 3.05) is 50.0 Å². The average Bonchev–Trinajstić information content (AvgIpc) is 3.51. The number of aromatic nitrogens is 1. The number of benzene rings is 1. The lowest BCUT2D eigenvalue weighted by Crippen LogP contribution is -2.34. The van der Waals surface area contributed by atoms with Crippen LogP contribution in [0.4, 0.5) is 11.4 Å². The van der Waals surface area contributed by atoms with Crippen molar-refractivity contribution in [3.05, 3.63) is 83.7 Å². The van der Waals surface area contributed by atoms with Gasteiger partial charge in [0, 0.05) is 31.6 Å². The maximum Gasteiger partial charge on any atom is 0.258 e. The minimum absolute atomic E-state index is 0.0964. The van der Waals surface area contributed by atoms with Gasteiger partial charge in [0.15, 0.2) is 0 Å². The van der Waals surface area contributed by atoms with Gasteiger partial charge in [-0.2, -0.15) is 0 Å². The van der Waals surface area contributed by atoms with Gasteiger partial charge in [-0.3, -0.25) is 19.5 Å². The summed E-state index contributed by atoms with van der Waals surface area (Å²) in [4.78, 5) is 35.3. The molecule has 46 heavy (non-hydrogen) atoms. The Kier molecular flexibility index (Phi) is 10.7. The molecule has 2 amide bonds. The number of allylic oxidation sites excluding steroid dienone is 2. The van der Waals surface area contributed by atoms with Crippen LogP contribution in [0.1, 0.15) is 43.9 Å². The summed E-state index contributed by atoms with van der Waals surface area (Å²) < 4.78 is 5.59. The van der Waals surface area contributed by atoms with Gasteiger partial charge in [0.25, 0.3) is 5.91 Å². The maximum absolute atomic E-state index is 13.7. The van der Waals surface area contributed by atoms with E-state index in [4.69, 9.17) is 10.1 Å². The molecule has 2 aromatic rings. The molecule has 9 heteroatoms. The normalized spacial score (nSPS) is 20.6. The van der Waals surface area contributed by atoms with E-state index in [9.17, 15) is 9.59 Å². The number of ether oxygens (including phenoxy) is 1. The molecule has 0 radical (unpaired) electrons. The van der Waals surface area contributed by atoms with Gasteiger partial charge in [0.1, 0.15) is 0 Å². The SMILES string of the molecule is C=CCN(/C=C(\C=C)c1cc/c(=C(/C(C)=N)C(=O)Nc2cc(NC(=O)CN3CCC(C4CC4)C3)cnc2C)c(=C)c1)C1CCOC1. The van der Waals surface area contributed by atoms with Crippen LogP contribution in [0.15, 0.2) is 62.0 Å². The number of aryl methyl sites for hydroxylation is 1. The van der Waals surface area contributed by atoms with Crippen LogP contribution in [0.25, 0.3) is 17.7 Å². The average molecular weight is 623 g/mol. The van der Waals surface area contributed by atoms with Gasteiger partial charge in [-0.25, -0.2) is 0 Å². The number of carbonyl (C=O) groups is 2. The van der Waals surface area contributed by atoms with E-state index < -0.39 is 5.91 Å². The van der Waals surface area contributed by atoms with Crippen molar-refractivity contribution in [2.24, 2.45) is 11.8 Å². The minimum Gasteiger partial charge on any atom is -0.379 e. The zero-order chi connectivity index (χ0) is 32.8. The Labute approximate surface area is 271 Å². The second-order valence-electron chi connectivity index (χ2n) is 12.6. The molecule has 5 rings (SSSR count). The second kappa shape index (κ2) is 14.8. The molecule has 2 saturated heterocycles. The van der Waals surface area contributed by atoms with E-state index in [2.05, 4.69) is 51.4 Å². The Morgan fingerprint density at radius 1 is 1.15 bits per heavy atom. The van der Waals surface area contributed by atoms with Crippen molar-refractivity contribution in [3.63, 3.8) is 0 Å². The predicted octanol–water partition coefficient (Wildman–Crippen LogP) is 4.10. The number of rotatable bonds is 13. The van der Waals surface area contributed by atoms with E-state index in [0.717, 1.165) is 49.1 Å². The fourth-order valence-corrected chi connectivity index (χ4v) is 6.45. The molecular formula is C37H46N6O3. The van der Waals surface area contributed by atoms with Gasteiger partial charge in [0.05, 0.1) is 48.0 Å². The Morgan fingerprint density at radius 3 is 2.61 bits per heavy atom. The third-order valence-electron chi connectivity index (χ3n) is 9.13. The van der Waals surface area contributed by atoms with Crippen LogP contribution in [0, 0.1) is 24.2 Å². The van der Waals surface area contributed by atoms with Crippen LogP contribution in [0.5, 0.6) is 0 Å². The number of hydrogen-bond donors (Lipinski definition) is 3. The number of hydrogen-bond acceptors (Lipinski definition) is 7. The van der Waals surface area contributed by atoms with Gasteiger partial charge in [0.2, 0.25) is 5.91 Å². The lowest BCUT2D eigenvalue weighted by Gasteiger charge is -2.26. The molecular weight excluding hydrogens is 576 g/mol. The van der Waals surface area contributed by atoms with Crippen LogP contribution >= 0.6 is 0 Å². The molecule has 1 aromatic heterocycles. The van der Waals surface area contributed by atoms with Gasteiger partial charge >= 0.3 is 0 Å². The molecule has 2 atom stereocenters. The number of amides is 2. The van der Waals surface area contributed by atoms with E-state index in [1.54, 1.807) is 32.2 Å². The monoisotopic (exact) mass is 622 g/mol. The van der Waals surface area contributed by atoms with Crippen LogP contribution in [0.2, 0.25) is 0 Å². The number of nitrogens with zero attached hydrogens (tertiary/aromatic N) is 3. The van der Waals surface area contributed by atoms with E-state index in [-0.39, 0.29) is 23.2 Å².